The highest BCUT2D eigenvalue weighted by Crippen LogP contribution is 2.68. The number of aromatic nitrogens is 1. The van der Waals surface area contributed by atoms with Crippen LogP contribution in [0.25, 0.3) is 10.9 Å². The number of esters is 3. The molecule has 10 rings (SSSR count). The zero-order valence-electron chi connectivity index (χ0n) is 34.4. The van der Waals surface area contributed by atoms with Gasteiger partial charge in [0.2, 0.25) is 5.60 Å². The minimum absolute atomic E-state index is 0.000637. The Morgan fingerprint density at radius 2 is 1.79 bits per heavy atom. The smallest absolute Gasteiger partial charge is 0.344 e. The molecule has 308 valence electrons. The molecular weight excluding hydrogens is 741 g/mol. The first-order valence-electron chi connectivity index (χ1n) is 20.8. The van der Waals surface area contributed by atoms with Gasteiger partial charge in [-0.25, -0.2) is 4.79 Å². The number of hydrogen-bond acceptors (Lipinski definition) is 12. The van der Waals surface area contributed by atoms with Crippen molar-refractivity contribution in [3.63, 3.8) is 0 Å². The third kappa shape index (κ3) is 4.43. The lowest BCUT2D eigenvalue weighted by molar-refractivity contribution is -0.228. The number of aliphatic hydroxyl groups is 1. The minimum Gasteiger partial charge on any atom is -0.496 e. The summed E-state index contributed by atoms with van der Waals surface area (Å²) in [5.41, 5.74) is -0.688. The highest BCUT2D eigenvalue weighted by molar-refractivity contribution is 5.95. The number of piperidine rings is 1. The van der Waals surface area contributed by atoms with Crippen LogP contribution in [0.15, 0.2) is 48.6 Å². The first-order valence-corrected chi connectivity index (χ1v) is 20.8. The van der Waals surface area contributed by atoms with Gasteiger partial charge in [0.15, 0.2) is 6.10 Å². The summed E-state index contributed by atoms with van der Waals surface area (Å²) in [4.78, 5) is 53.3. The van der Waals surface area contributed by atoms with Crippen LogP contribution in [0.4, 0.5) is 5.69 Å². The second-order valence-electron chi connectivity index (χ2n) is 18.0. The number of para-hydroxylation sites is 1. The summed E-state index contributed by atoms with van der Waals surface area (Å²) >= 11 is 0. The van der Waals surface area contributed by atoms with E-state index in [-0.39, 0.29) is 23.7 Å². The predicted octanol–water partition coefficient (Wildman–Crippen LogP) is 3.96. The van der Waals surface area contributed by atoms with Crippen LogP contribution in [0, 0.1) is 11.3 Å². The van der Waals surface area contributed by atoms with Crippen LogP contribution in [0.3, 0.4) is 0 Å². The maximum atomic E-state index is 15.3. The van der Waals surface area contributed by atoms with Crippen molar-refractivity contribution >= 4 is 34.5 Å². The van der Waals surface area contributed by atoms with Gasteiger partial charge in [-0.1, -0.05) is 44.2 Å². The molecule has 2 N–H and O–H groups in total. The van der Waals surface area contributed by atoms with Crippen LogP contribution < -0.4 is 9.64 Å². The van der Waals surface area contributed by atoms with E-state index in [1.165, 1.54) is 21.1 Å². The molecule has 4 fully saturated rings. The summed E-state index contributed by atoms with van der Waals surface area (Å²) in [5.74, 6) is -1.37. The summed E-state index contributed by atoms with van der Waals surface area (Å²) in [6, 6.07) is 11.1. The number of carbonyl (C=O) groups is 3. The maximum absolute atomic E-state index is 15.3. The van der Waals surface area contributed by atoms with Gasteiger partial charge in [0, 0.05) is 96.9 Å². The number of epoxide rings is 1. The van der Waals surface area contributed by atoms with Crippen molar-refractivity contribution in [3.8, 4) is 5.75 Å². The highest BCUT2D eigenvalue weighted by atomic mass is 16.6. The molecule has 7 aliphatic rings. The van der Waals surface area contributed by atoms with Crippen molar-refractivity contribution < 1.29 is 43.2 Å². The molecule has 1 saturated carbocycles. The predicted molar refractivity (Wildman–Crippen MR) is 214 cm³/mol. The SMILES string of the molecule is CC[C@]12CN3Cc4c([nH]c5ccccc45)[C@@](C(=O)OC)(c4cc5c(cc4OC)N(C)[C@H]4C(O)(C(=O)OC)[C@H](OC(C)=O)[C@@]6(CC)C=CCN7CC[C@@]54[C@@H]76)CC(C3)[C@H]1O2. The van der Waals surface area contributed by atoms with Crippen molar-refractivity contribution in [1.82, 2.24) is 14.8 Å². The monoisotopic (exact) mass is 794 g/mol. The number of nitrogens with zero attached hydrogens (tertiary/aromatic N) is 3. The van der Waals surface area contributed by atoms with E-state index < -0.39 is 51.9 Å². The number of fused-ring (bicyclic) bond motifs is 8. The number of anilines is 1. The van der Waals surface area contributed by atoms with E-state index in [4.69, 9.17) is 23.7 Å². The molecule has 0 radical (unpaired) electrons. The first kappa shape index (κ1) is 37.8. The van der Waals surface area contributed by atoms with E-state index in [0.717, 1.165) is 52.9 Å². The molecule has 1 spiro atoms. The second-order valence-corrected chi connectivity index (χ2v) is 18.0. The third-order valence-corrected chi connectivity index (χ3v) is 15.7. The van der Waals surface area contributed by atoms with Crippen molar-refractivity contribution in [2.24, 2.45) is 11.3 Å². The molecule has 1 aromatic heterocycles. The van der Waals surface area contributed by atoms with Gasteiger partial charge in [0.05, 0.1) is 33.5 Å². The van der Waals surface area contributed by atoms with Gasteiger partial charge in [-0.15, -0.1) is 0 Å². The first-order chi connectivity index (χ1) is 27.8. The van der Waals surface area contributed by atoms with Crippen LogP contribution in [0.1, 0.15) is 68.8 Å². The molecule has 3 unspecified atom stereocenters. The van der Waals surface area contributed by atoms with Crippen LogP contribution in [0.5, 0.6) is 5.75 Å². The number of benzene rings is 2. The van der Waals surface area contributed by atoms with Gasteiger partial charge in [-0.3, -0.25) is 19.4 Å². The van der Waals surface area contributed by atoms with Gasteiger partial charge >= 0.3 is 17.9 Å². The van der Waals surface area contributed by atoms with E-state index in [0.29, 0.717) is 50.2 Å². The molecule has 2 bridgehead atoms. The average molecular weight is 795 g/mol. The Bertz CT molecular complexity index is 2290. The summed E-state index contributed by atoms with van der Waals surface area (Å²) in [6.07, 6.45) is 5.22. The second kappa shape index (κ2) is 12.5. The number of rotatable bonds is 7. The number of methoxy groups -OCH3 is 3. The summed E-state index contributed by atoms with van der Waals surface area (Å²) < 4.78 is 30.6. The number of hydrogen-bond donors (Lipinski definition) is 2. The van der Waals surface area contributed by atoms with E-state index >= 15 is 4.79 Å². The molecular formula is C45H54N4O9. The lowest BCUT2D eigenvalue weighted by Gasteiger charge is -2.63. The van der Waals surface area contributed by atoms with Crippen LogP contribution >= 0.6 is 0 Å². The van der Waals surface area contributed by atoms with E-state index in [9.17, 15) is 14.7 Å². The molecule has 13 nitrogen and oxygen atoms in total. The van der Waals surface area contributed by atoms with Crippen molar-refractivity contribution in [2.45, 2.75) is 99.3 Å². The number of likely N-dealkylation sites (N-methyl/N-ethyl adjacent to an activating group) is 1. The number of nitrogens with one attached hydrogen (secondary N) is 1. The average Bonchev–Trinajstić information content (AvgIpc) is 3.56. The molecule has 13 heteroatoms. The fraction of sp³-hybridized carbons (Fsp3) is 0.578. The van der Waals surface area contributed by atoms with Gasteiger partial charge in [0.25, 0.3) is 0 Å². The molecule has 2 aromatic carbocycles. The van der Waals surface area contributed by atoms with Crippen LogP contribution in [0.2, 0.25) is 0 Å². The fourth-order valence-corrected chi connectivity index (χ4v) is 13.7. The van der Waals surface area contributed by atoms with Crippen LogP contribution in [-0.4, -0.2) is 128 Å². The van der Waals surface area contributed by atoms with Gasteiger partial charge in [0.1, 0.15) is 16.8 Å². The zero-order valence-corrected chi connectivity index (χ0v) is 34.4. The van der Waals surface area contributed by atoms with Gasteiger partial charge in [-0.2, -0.15) is 0 Å². The largest absolute Gasteiger partial charge is 0.496 e. The van der Waals surface area contributed by atoms with Crippen LogP contribution in [-0.2, 0) is 50.7 Å². The third-order valence-electron chi connectivity index (χ3n) is 15.7. The van der Waals surface area contributed by atoms with Crippen molar-refractivity contribution in [2.75, 3.05) is 59.5 Å². The lowest BCUT2D eigenvalue weighted by atomic mass is 9.47. The zero-order chi connectivity index (χ0) is 40.7. The molecule has 11 atom stereocenters. The molecule has 1 aliphatic carbocycles. The standard InChI is InChI=1S/C45H54N4O9/c1-8-41-15-12-17-49-18-16-43(36(41)49)29-19-30(33(54-5)20-32(29)47(4)37(43)45(53,40(52)56-7)38(41)57-25(3)50)44(39(51)55-6)21-26-22-48(24-42(9-2)35(26)58-42)23-28-27-13-10-11-14-31(27)46-34(28)44/h10-15,19-20,26,35-38,46,53H,8-9,16-18,21-24H2,1-7H3/t26?,35-,36+,37-,38-,41+,42+,43+,44+,45?/m1/s1. The summed E-state index contributed by atoms with van der Waals surface area (Å²) in [7, 11) is 6.21. The van der Waals surface area contributed by atoms with Crippen molar-refractivity contribution in [3.05, 3.63) is 70.9 Å². The highest BCUT2D eigenvalue weighted by Gasteiger charge is 2.80. The number of carbonyl (C=O) groups excluding carboxylic acids is 3. The fourth-order valence-electron chi connectivity index (χ4n) is 13.7. The Balaban J connectivity index is 1.28. The van der Waals surface area contributed by atoms with Gasteiger partial charge in [-0.05, 0) is 55.5 Å². The number of aromatic amines is 1. The Hall–Kier alpha value is -4.43. The Morgan fingerprint density at radius 1 is 1.02 bits per heavy atom. The number of H-pyrrole nitrogens is 1. The Kier molecular flexibility index (Phi) is 8.18. The van der Waals surface area contributed by atoms with Gasteiger partial charge < -0.3 is 38.7 Å². The summed E-state index contributed by atoms with van der Waals surface area (Å²) in [5, 5.41) is 14.4. The van der Waals surface area contributed by atoms with E-state index in [1.807, 2.05) is 37.1 Å². The van der Waals surface area contributed by atoms with E-state index in [2.05, 4.69) is 52.1 Å². The maximum Gasteiger partial charge on any atom is 0.344 e. The Morgan fingerprint density at radius 3 is 2.50 bits per heavy atom. The molecule has 58 heavy (non-hydrogen) atoms. The topological polar surface area (TPSA) is 146 Å². The molecule has 6 aliphatic heterocycles. The van der Waals surface area contributed by atoms with Crippen molar-refractivity contribution in [1.29, 1.82) is 0 Å². The molecule has 3 aromatic rings. The normalized spacial score (nSPS) is 39.0. The molecule has 0 amide bonds. The molecule has 3 saturated heterocycles. The van der Waals surface area contributed by atoms with E-state index in [1.54, 1.807) is 7.11 Å². The Labute approximate surface area is 338 Å². The quantitative estimate of drug-likeness (QED) is 0.155. The molecule has 7 heterocycles. The summed E-state index contributed by atoms with van der Waals surface area (Å²) in [6.45, 7) is 9.07. The lowest BCUT2D eigenvalue weighted by Crippen LogP contribution is -2.81. The number of ether oxygens (including phenoxy) is 5. The minimum atomic E-state index is -2.28.